The van der Waals surface area contributed by atoms with E-state index in [0.717, 1.165) is 12.2 Å². The van der Waals surface area contributed by atoms with Crippen LogP contribution in [0.25, 0.3) is 0 Å². The van der Waals surface area contributed by atoms with E-state index in [1.165, 1.54) is 44.1 Å². The number of rotatable bonds is 6. The van der Waals surface area contributed by atoms with Gasteiger partial charge in [0, 0.05) is 18.1 Å². The molecule has 0 saturated heterocycles. The number of methoxy groups -OCH3 is 1. The van der Waals surface area contributed by atoms with Crippen molar-refractivity contribution in [1.82, 2.24) is 5.32 Å². The van der Waals surface area contributed by atoms with Crippen molar-refractivity contribution in [2.24, 2.45) is 5.73 Å². The van der Waals surface area contributed by atoms with E-state index in [0.29, 0.717) is 12.6 Å². The van der Waals surface area contributed by atoms with Crippen LogP contribution >= 0.6 is 0 Å². The van der Waals surface area contributed by atoms with Gasteiger partial charge in [-0.1, -0.05) is 37.8 Å². The molecule has 3 nitrogen and oxygen atoms in total. The molecule has 0 aliphatic heterocycles. The van der Waals surface area contributed by atoms with E-state index >= 15 is 0 Å². The van der Waals surface area contributed by atoms with E-state index in [-0.39, 0.29) is 5.54 Å². The molecule has 0 radical (unpaired) electrons. The smallest absolute Gasteiger partial charge is 0.118 e. The van der Waals surface area contributed by atoms with E-state index in [1.807, 2.05) is 12.1 Å². The number of hydrogen-bond donors (Lipinski definition) is 2. The van der Waals surface area contributed by atoms with Crippen LogP contribution < -0.4 is 15.8 Å². The minimum atomic E-state index is -0.0242. The van der Waals surface area contributed by atoms with Crippen molar-refractivity contribution < 1.29 is 4.74 Å². The van der Waals surface area contributed by atoms with Crippen LogP contribution in [0.2, 0.25) is 0 Å². The largest absolute Gasteiger partial charge is 0.497 e. The van der Waals surface area contributed by atoms with Crippen molar-refractivity contribution in [3.8, 4) is 5.75 Å². The molecule has 3 N–H and O–H groups in total. The van der Waals surface area contributed by atoms with Gasteiger partial charge >= 0.3 is 0 Å². The Hall–Kier alpha value is -1.06. The van der Waals surface area contributed by atoms with Crippen LogP contribution in [0.3, 0.4) is 0 Å². The average Bonchev–Trinajstić information content (AvgIpc) is 2.76. The lowest BCUT2D eigenvalue weighted by Crippen LogP contribution is -2.54. The maximum atomic E-state index is 6.08. The van der Waals surface area contributed by atoms with Crippen molar-refractivity contribution in [3.05, 3.63) is 29.8 Å². The van der Waals surface area contributed by atoms with Gasteiger partial charge in [0.05, 0.1) is 7.11 Å². The van der Waals surface area contributed by atoms with Crippen molar-refractivity contribution in [2.75, 3.05) is 13.7 Å². The highest BCUT2D eigenvalue weighted by Crippen LogP contribution is 2.22. The maximum absolute atomic E-state index is 6.08. The maximum Gasteiger partial charge on any atom is 0.118 e. The van der Waals surface area contributed by atoms with Gasteiger partial charge in [-0.15, -0.1) is 0 Å². The fourth-order valence-corrected chi connectivity index (χ4v) is 3.29. The molecule has 0 amide bonds. The first-order valence-electron chi connectivity index (χ1n) is 8.26. The summed E-state index contributed by atoms with van der Waals surface area (Å²) in [5, 5.41) is 3.84. The van der Waals surface area contributed by atoms with Crippen molar-refractivity contribution in [1.29, 1.82) is 0 Å². The summed E-state index contributed by atoms with van der Waals surface area (Å²) in [5.41, 5.74) is 7.37. The molecule has 1 unspecified atom stereocenters. The highest BCUT2D eigenvalue weighted by atomic mass is 16.5. The zero-order chi connectivity index (χ0) is 15.1. The Kier molecular flexibility index (Phi) is 6.07. The molecular formula is C18H30N2O. The van der Waals surface area contributed by atoms with Gasteiger partial charge in [0.25, 0.3) is 0 Å². The van der Waals surface area contributed by atoms with E-state index in [2.05, 4.69) is 24.4 Å². The van der Waals surface area contributed by atoms with E-state index in [4.69, 9.17) is 10.5 Å². The minimum Gasteiger partial charge on any atom is -0.497 e. The van der Waals surface area contributed by atoms with Crippen molar-refractivity contribution >= 4 is 0 Å². The highest BCUT2D eigenvalue weighted by molar-refractivity contribution is 5.28. The van der Waals surface area contributed by atoms with Gasteiger partial charge in [0.2, 0.25) is 0 Å². The van der Waals surface area contributed by atoms with Crippen molar-refractivity contribution in [2.45, 2.75) is 63.5 Å². The average molecular weight is 290 g/mol. The Morgan fingerprint density at radius 1 is 1.14 bits per heavy atom. The second kappa shape index (κ2) is 7.81. The summed E-state index contributed by atoms with van der Waals surface area (Å²) in [6.07, 6.45) is 9.01. The van der Waals surface area contributed by atoms with Gasteiger partial charge in [-0.2, -0.15) is 0 Å². The van der Waals surface area contributed by atoms with Crippen LogP contribution in [0, 0.1) is 0 Å². The third kappa shape index (κ3) is 5.01. The zero-order valence-electron chi connectivity index (χ0n) is 13.5. The van der Waals surface area contributed by atoms with Gasteiger partial charge in [-0.25, -0.2) is 0 Å². The van der Waals surface area contributed by atoms with Gasteiger partial charge in [0.15, 0.2) is 0 Å². The molecule has 1 aliphatic carbocycles. The predicted molar refractivity (Wildman–Crippen MR) is 88.8 cm³/mol. The fraction of sp³-hybridized carbons (Fsp3) is 0.667. The van der Waals surface area contributed by atoms with Gasteiger partial charge in [0.1, 0.15) is 5.75 Å². The predicted octanol–water partition coefficient (Wildman–Crippen LogP) is 3.27. The molecule has 0 aromatic heterocycles. The highest BCUT2D eigenvalue weighted by Gasteiger charge is 2.26. The van der Waals surface area contributed by atoms with Crippen molar-refractivity contribution in [3.63, 3.8) is 0 Å². The number of ether oxygens (including phenoxy) is 1. The fourth-order valence-electron chi connectivity index (χ4n) is 3.29. The molecule has 0 heterocycles. The molecule has 2 rings (SSSR count). The second-order valence-electron chi connectivity index (χ2n) is 6.62. The van der Waals surface area contributed by atoms with Crippen LogP contribution in [0.15, 0.2) is 24.3 Å². The summed E-state index contributed by atoms with van der Waals surface area (Å²) in [6, 6.07) is 8.96. The summed E-state index contributed by atoms with van der Waals surface area (Å²) < 4.78 is 5.22. The van der Waals surface area contributed by atoms with E-state index < -0.39 is 0 Å². The van der Waals surface area contributed by atoms with E-state index in [9.17, 15) is 0 Å². The summed E-state index contributed by atoms with van der Waals surface area (Å²) in [5.74, 6) is 0.907. The Labute approximate surface area is 129 Å². The first-order chi connectivity index (χ1) is 10.1. The van der Waals surface area contributed by atoms with Crippen LogP contribution in [0.5, 0.6) is 5.75 Å². The Morgan fingerprint density at radius 3 is 2.29 bits per heavy atom. The van der Waals surface area contributed by atoms with Crippen LogP contribution in [0.4, 0.5) is 0 Å². The third-order valence-electron chi connectivity index (χ3n) is 4.61. The summed E-state index contributed by atoms with van der Waals surface area (Å²) in [6.45, 7) is 2.91. The molecule has 1 fully saturated rings. The van der Waals surface area contributed by atoms with Gasteiger partial charge in [-0.3, -0.25) is 0 Å². The number of nitrogens with one attached hydrogen (secondary N) is 1. The lowest BCUT2D eigenvalue weighted by molar-refractivity contribution is 0.295. The van der Waals surface area contributed by atoms with Crippen LogP contribution in [-0.4, -0.2) is 25.2 Å². The van der Waals surface area contributed by atoms with Gasteiger partial charge in [-0.05, 0) is 43.9 Å². The minimum absolute atomic E-state index is 0.0242. The second-order valence-corrected chi connectivity index (χ2v) is 6.62. The quantitative estimate of drug-likeness (QED) is 0.791. The van der Waals surface area contributed by atoms with Crippen LogP contribution in [-0.2, 0) is 6.42 Å². The molecule has 118 valence electrons. The Balaban J connectivity index is 1.98. The lowest BCUT2D eigenvalue weighted by atomic mass is 9.90. The monoisotopic (exact) mass is 290 g/mol. The Morgan fingerprint density at radius 2 is 1.76 bits per heavy atom. The number of hydrogen-bond acceptors (Lipinski definition) is 3. The van der Waals surface area contributed by atoms with Gasteiger partial charge < -0.3 is 15.8 Å². The first-order valence-corrected chi connectivity index (χ1v) is 8.26. The lowest BCUT2D eigenvalue weighted by Gasteiger charge is -2.34. The SMILES string of the molecule is COc1ccc(CC(C)(CN)NC2CCCCCC2)cc1. The van der Waals surface area contributed by atoms with Crippen LogP contribution in [0.1, 0.15) is 51.0 Å². The van der Waals surface area contributed by atoms with E-state index in [1.54, 1.807) is 7.11 Å². The molecule has 3 heteroatoms. The molecule has 1 saturated carbocycles. The zero-order valence-corrected chi connectivity index (χ0v) is 13.5. The first kappa shape index (κ1) is 16.3. The summed E-state index contributed by atoms with van der Waals surface area (Å²) >= 11 is 0. The molecule has 1 aromatic rings. The standard InChI is InChI=1S/C18H30N2O/c1-18(14-19,20-16-7-5-3-4-6-8-16)13-15-9-11-17(21-2)12-10-15/h9-12,16,20H,3-8,13-14,19H2,1-2H3. The molecule has 0 spiro atoms. The molecular weight excluding hydrogens is 260 g/mol. The number of nitrogens with two attached hydrogens (primary N) is 1. The molecule has 1 aromatic carbocycles. The number of benzene rings is 1. The summed E-state index contributed by atoms with van der Waals surface area (Å²) in [7, 11) is 1.70. The molecule has 21 heavy (non-hydrogen) atoms. The topological polar surface area (TPSA) is 47.3 Å². The third-order valence-corrected chi connectivity index (χ3v) is 4.61. The summed E-state index contributed by atoms with van der Waals surface area (Å²) in [4.78, 5) is 0. The molecule has 1 atom stereocenters. The molecule has 0 bridgehead atoms. The molecule has 1 aliphatic rings. The normalized spacial score (nSPS) is 19.8. The Bertz CT molecular complexity index is 410.